The lowest BCUT2D eigenvalue weighted by Gasteiger charge is -2.16. The van der Waals surface area contributed by atoms with Crippen LogP contribution in [0.1, 0.15) is 16.7 Å². The van der Waals surface area contributed by atoms with Gasteiger partial charge < -0.3 is 9.72 Å². The Morgan fingerprint density at radius 3 is 2.74 bits per heavy atom. The second-order valence-electron chi connectivity index (χ2n) is 6.34. The van der Waals surface area contributed by atoms with Crippen molar-refractivity contribution in [1.29, 1.82) is 0 Å². The fourth-order valence-corrected chi connectivity index (χ4v) is 3.25. The molecule has 1 N–H and O–H groups in total. The van der Waals surface area contributed by atoms with Gasteiger partial charge in [0.1, 0.15) is 5.82 Å². The van der Waals surface area contributed by atoms with Gasteiger partial charge in [-0.05, 0) is 42.3 Å². The number of carbonyl (C=O) groups is 1. The topological polar surface area (TPSA) is 46.4 Å². The molecule has 27 heavy (non-hydrogen) atoms. The van der Waals surface area contributed by atoms with Crippen molar-refractivity contribution < 1.29 is 22.4 Å². The van der Waals surface area contributed by atoms with Gasteiger partial charge in [0, 0.05) is 36.3 Å². The summed E-state index contributed by atoms with van der Waals surface area (Å²) in [5.41, 5.74) is 0.622. The van der Waals surface area contributed by atoms with Crippen molar-refractivity contribution in [2.24, 2.45) is 0 Å². The van der Waals surface area contributed by atoms with Crippen LogP contribution in [-0.4, -0.2) is 21.3 Å². The summed E-state index contributed by atoms with van der Waals surface area (Å²) < 4.78 is 55.0. The first-order chi connectivity index (χ1) is 12.7. The second kappa shape index (κ2) is 5.94. The van der Waals surface area contributed by atoms with Crippen molar-refractivity contribution in [3.8, 4) is 0 Å². The first-order valence-corrected chi connectivity index (χ1v) is 8.08. The van der Waals surface area contributed by atoms with Gasteiger partial charge in [-0.25, -0.2) is 9.37 Å². The van der Waals surface area contributed by atoms with E-state index in [2.05, 4.69) is 10.3 Å². The molecule has 0 bridgehead atoms. The summed E-state index contributed by atoms with van der Waals surface area (Å²) in [5.74, 6) is -0.686. The molecule has 1 aliphatic carbocycles. The fraction of sp³-hybridized carbons (Fsp3) is 0.158. The third-order valence-corrected chi connectivity index (χ3v) is 4.47. The van der Waals surface area contributed by atoms with E-state index in [1.807, 2.05) is 0 Å². The third kappa shape index (κ3) is 2.97. The van der Waals surface area contributed by atoms with E-state index in [4.69, 9.17) is 0 Å². The summed E-state index contributed by atoms with van der Waals surface area (Å²) in [7, 11) is 0. The SMILES string of the molecule is Cc1cc(Nc2nccn3cc4c(c23)CC(=O)C=C4C(F)(F)F)ccc1F. The number of aromatic nitrogens is 2. The third-order valence-electron chi connectivity index (χ3n) is 4.47. The van der Waals surface area contributed by atoms with Crippen LogP contribution < -0.4 is 5.32 Å². The molecule has 3 aromatic rings. The monoisotopic (exact) mass is 375 g/mol. The molecule has 0 amide bonds. The minimum atomic E-state index is -4.63. The number of alkyl halides is 3. The van der Waals surface area contributed by atoms with E-state index in [1.54, 1.807) is 13.0 Å². The van der Waals surface area contributed by atoms with Gasteiger partial charge in [-0.2, -0.15) is 13.2 Å². The second-order valence-corrected chi connectivity index (χ2v) is 6.34. The average molecular weight is 375 g/mol. The highest BCUT2D eigenvalue weighted by Gasteiger charge is 2.40. The standard InChI is InChI=1S/C19H13F4N3O/c1-10-6-11(2-3-16(10)20)25-18-17-13-7-12(27)8-15(19(21,22)23)14(13)9-26(17)5-4-24-18/h2-6,8-9H,7H2,1H3,(H,24,25). The van der Waals surface area contributed by atoms with E-state index in [1.165, 1.54) is 35.1 Å². The Kier molecular flexibility index (Phi) is 3.80. The lowest BCUT2D eigenvalue weighted by molar-refractivity contribution is -0.114. The van der Waals surface area contributed by atoms with Crippen molar-refractivity contribution in [3.05, 3.63) is 65.4 Å². The highest BCUT2D eigenvalue weighted by atomic mass is 19.4. The Morgan fingerprint density at radius 1 is 1.26 bits per heavy atom. The van der Waals surface area contributed by atoms with Crippen LogP contribution in [0.25, 0.3) is 11.1 Å². The highest BCUT2D eigenvalue weighted by Crippen LogP contribution is 2.41. The molecule has 0 saturated heterocycles. The number of benzene rings is 1. The maximum Gasteiger partial charge on any atom is 0.417 e. The van der Waals surface area contributed by atoms with E-state index in [0.717, 1.165) is 0 Å². The van der Waals surface area contributed by atoms with Crippen molar-refractivity contribution >= 4 is 28.4 Å². The Balaban J connectivity index is 1.87. The smallest absolute Gasteiger partial charge is 0.338 e. The van der Waals surface area contributed by atoms with Crippen LogP contribution in [0.4, 0.5) is 29.1 Å². The van der Waals surface area contributed by atoms with Gasteiger partial charge in [-0.15, -0.1) is 0 Å². The van der Waals surface area contributed by atoms with Gasteiger partial charge in [0.05, 0.1) is 11.1 Å². The number of nitrogens with zero attached hydrogens (tertiary/aromatic N) is 2. The highest BCUT2D eigenvalue weighted by molar-refractivity contribution is 6.05. The van der Waals surface area contributed by atoms with Crippen molar-refractivity contribution in [3.63, 3.8) is 0 Å². The molecule has 0 spiro atoms. The Labute approximate surface area is 151 Å². The van der Waals surface area contributed by atoms with E-state index in [-0.39, 0.29) is 23.4 Å². The summed E-state index contributed by atoms with van der Waals surface area (Å²) in [4.78, 5) is 16.1. The number of halogens is 4. The summed E-state index contributed by atoms with van der Waals surface area (Å²) in [5, 5.41) is 3.01. The molecular formula is C19H13F4N3O. The molecule has 1 aromatic carbocycles. The number of hydrogen-bond acceptors (Lipinski definition) is 3. The van der Waals surface area contributed by atoms with Gasteiger partial charge in [0.25, 0.3) is 0 Å². The number of rotatable bonds is 2. The maximum absolute atomic E-state index is 13.5. The van der Waals surface area contributed by atoms with E-state index in [0.29, 0.717) is 28.7 Å². The Bertz CT molecular complexity index is 1110. The molecule has 0 unspecified atom stereocenters. The summed E-state index contributed by atoms with van der Waals surface area (Å²) >= 11 is 0. The van der Waals surface area contributed by atoms with Crippen LogP contribution in [-0.2, 0) is 11.2 Å². The van der Waals surface area contributed by atoms with Gasteiger partial charge in [0.15, 0.2) is 11.6 Å². The zero-order valence-corrected chi connectivity index (χ0v) is 14.1. The summed E-state index contributed by atoms with van der Waals surface area (Å²) in [6.07, 6.45) is 0.174. The molecule has 0 radical (unpaired) electrons. The predicted molar refractivity (Wildman–Crippen MR) is 92.4 cm³/mol. The van der Waals surface area contributed by atoms with Crippen LogP contribution in [0.15, 0.2) is 42.9 Å². The molecule has 2 heterocycles. The first-order valence-electron chi connectivity index (χ1n) is 8.08. The molecule has 0 aliphatic heterocycles. The first kappa shape index (κ1) is 17.3. The number of carbonyl (C=O) groups excluding carboxylic acids is 1. The van der Waals surface area contributed by atoms with Crippen LogP contribution in [0.2, 0.25) is 0 Å². The lowest BCUT2D eigenvalue weighted by atomic mass is 9.92. The number of fused-ring (bicyclic) bond motifs is 3. The molecule has 4 nitrogen and oxygen atoms in total. The number of aryl methyl sites for hydroxylation is 1. The van der Waals surface area contributed by atoms with Crippen LogP contribution in [0.5, 0.6) is 0 Å². The molecular weight excluding hydrogens is 362 g/mol. The predicted octanol–water partition coefficient (Wildman–Crippen LogP) is 4.60. The Hall–Kier alpha value is -3.16. The average Bonchev–Trinajstić information content (AvgIpc) is 2.96. The van der Waals surface area contributed by atoms with Gasteiger partial charge in [-0.3, -0.25) is 4.79 Å². The molecule has 1 aliphatic rings. The minimum Gasteiger partial charge on any atom is -0.338 e. The van der Waals surface area contributed by atoms with Crippen LogP contribution >= 0.6 is 0 Å². The quantitative estimate of drug-likeness (QED) is 0.666. The van der Waals surface area contributed by atoms with E-state index in [9.17, 15) is 22.4 Å². The molecule has 8 heteroatoms. The normalized spacial score (nSPS) is 14.3. The Morgan fingerprint density at radius 2 is 2.04 bits per heavy atom. The molecule has 138 valence electrons. The molecule has 4 rings (SSSR count). The number of allylic oxidation sites excluding steroid dienone is 2. The largest absolute Gasteiger partial charge is 0.417 e. The molecule has 0 atom stereocenters. The summed E-state index contributed by atoms with van der Waals surface area (Å²) in [6, 6.07) is 4.37. The van der Waals surface area contributed by atoms with Crippen LogP contribution in [0.3, 0.4) is 0 Å². The lowest BCUT2D eigenvalue weighted by Crippen LogP contribution is -2.18. The number of hydrogen-bond donors (Lipinski definition) is 1. The summed E-state index contributed by atoms with van der Waals surface area (Å²) in [6.45, 7) is 1.60. The van der Waals surface area contributed by atoms with Gasteiger partial charge in [0.2, 0.25) is 0 Å². The number of anilines is 2. The number of ketones is 1. The van der Waals surface area contributed by atoms with Crippen molar-refractivity contribution in [2.75, 3.05) is 5.32 Å². The molecule has 2 aromatic heterocycles. The van der Waals surface area contributed by atoms with Gasteiger partial charge >= 0.3 is 6.18 Å². The fourth-order valence-electron chi connectivity index (χ4n) is 3.25. The zero-order chi connectivity index (χ0) is 19.3. The minimum absolute atomic E-state index is 0.0339. The van der Waals surface area contributed by atoms with Gasteiger partial charge in [-0.1, -0.05) is 0 Å². The molecule has 0 fully saturated rings. The van der Waals surface area contributed by atoms with E-state index >= 15 is 0 Å². The van der Waals surface area contributed by atoms with E-state index < -0.39 is 17.5 Å². The van der Waals surface area contributed by atoms with Crippen molar-refractivity contribution in [1.82, 2.24) is 9.38 Å². The number of nitrogens with one attached hydrogen (secondary N) is 1. The van der Waals surface area contributed by atoms with Crippen molar-refractivity contribution in [2.45, 2.75) is 19.5 Å². The zero-order valence-electron chi connectivity index (χ0n) is 14.1. The maximum atomic E-state index is 13.5. The molecule has 0 saturated carbocycles. The van der Waals surface area contributed by atoms with Crippen LogP contribution in [0, 0.1) is 12.7 Å².